The highest BCUT2D eigenvalue weighted by atomic mass is 16.3. The summed E-state index contributed by atoms with van der Waals surface area (Å²) < 4.78 is 1.99. The molecule has 0 spiro atoms. The van der Waals surface area contributed by atoms with Gasteiger partial charge in [-0.1, -0.05) is 20.8 Å². The number of aryl methyl sites for hydroxylation is 1. The Balaban J connectivity index is 2.15. The second-order valence-corrected chi connectivity index (χ2v) is 6.28. The van der Waals surface area contributed by atoms with Gasteiger partial charge in [0.15, 0.2) is 0 Å². The number of nitrogens with one attached hydrogen (secondary N) is 1. The molecule has 1 fully saturated rings. The van der Waals surface area contributed by atoms with Gasteiger partial charge in [-0.2, -0.15) is 5.10 Å². The van der Waals surface area contributed by atoms with Crippen LogP contribution >= 0.6 is 0 Å². The normalized spacial score (nSPS) is 16.2. The van der Waals surface area contributed by atoms with Gasteiger partial charge >= 0.3 is 0 Å². The molecule has 1 saturated carbocycles. The summed E-state index contributed by atoms with van der Waals surface area (Å²) in [7, 11) is 0. The highest BCUT2D eigenvalue weighted by Gasteiger charge is 2.32. The molecule has 1 heterocycles. The number of aliphatic hydroxyl groups is 1. The molecule has 2 N–H and O–H groups in total. The van der Waals surface area contributed by atoms with Gasteiger partial charge in [0.1, 0.15) is 0 Å². The van der Waals surface area contributed by atoms with Gasteiger partial charge in [-0.25, -0.2) is 0 Å². The number of aliphatic hydroxyl groups excluding tert-OH is 1. The maximum Gasteiger partial charge on any atom is 0.254 e. The third-order valence-electron chi connectivity index (χ3n) is 4.09. The van der Waals surface area contributed by atoms with Crippen molar-refractivity contribution in [2.75, 3.05) is 6.61 Å². The Bertz CT molecular complexity index is 478. The van der Waals surface area contributed by atoms with E-state index < -0.39 is 0 Å². The van der Waals surface area contributed by atoms with Crippen LogP contribution in [0.2, 0.25) is 0 Å². The molecule has 0 aliphatic heterocycles. The summed E-state index contributed by atoms with van der Waals surface area (Å²) in [5.74, 6) is 0.748. The van der Waals surface area contributed by atoms with Gasteiger partial charge < -0.3 is 10.4 Å². The molecule has 118 valence electrons. The largest absolute Gasteiger partial charge is 0.396 e. The SMILES string of the molecule is CCCn1ncc(C(=O)NC(CCO)C(C)C)c1C1CC1. The van der Waals surface area contributed by atoms with Crippen molar-refractivity contribution in [3.05, 3.63) is 17.5 Å². The molecule has 0 saturated heterocycles. The smallest absolute Gasteiger partial charge is 0.254 e. The molecule has 21 heavy (non-hydrogen) atoms. The highest BCUT2D eigenvalue weighted by molar-refractivity contribution is 5.95. The Morgan fingerprint density at radius 1 is 1.52 bits per heavy atom. The van der Waals surface area contributed by atoms with E-state index in [1.165, 1.54) is 0 Å². The molecule has 1 amide bonds. The van der Waals surface area contributed by atoms with Crippen molar-refractivity contribution in [2.45, 2.75) is 65.0 Å². The number of nitrogens with zero attached hydrogens (tertiary/aromatic N) is 2. The molecule has 0 bridgehead atoms. The molecule has 1 aliphatic carbocycles. The van der Waals surface area contributed by atoms with Gasteiger partial charge in [-0.05, 0) is 31.6 Å². The van der Waals surface area contributed by atoms with E-state index in [0.717, 1.165) is 37.1 Å². The van der Waals surface area contributed by atoms with Crippen LogP contribution in [-0.4, -0.2) is 33.4 Å². The Morgan fingerprint density at radius 3 is 2.76 bits per heavy atom. The Hall–Kier alpha value is -1.36. The summed E-state index contributed by atoms with van der Waals surface area (Å²) in [5.41, 5.74) is 1.82. The number of hydrogen-bond acceptors (Lipinski definition) is 3. The predicted molar refractivity (Wildman–Crippen MR) is 82.3 cm³/mol. The summed E-state index contributed by atoms with van der Waals surface area (Å²) in [6, 6.07) is 0.00378. The van der Waals surface area contributed by atoms with Crippen molar-refractivity contribution in [1.29, 1.82) is 0 Å². The lowest BCUT2D eigenvalue weighted by molar-refractivity contribution is 0.0915. The fourth-order valence-corrected chi connectivity index (χ4v) is 2.70. The monoisotopic (exact) mass is 293 g/mol. The number of hydrogen-bond donors (Lipinski definition) is 2. The molecular formula is C16H27N3O2. The zero-order valence-electron chi connectivity index (χ0n) is 13.3. The van der Waals surface area contributed by atoms with Crippen LogP contribution in [-0.2, 0) is 6.54 Å². The molecule has 1 aromatic heterocycles. The van der Waals surface area contributed by atoms with Crippen LogP contribution in [0.3, 0.4) is 0 Å². The molecule has 2 rings (SSSR count). The lowest BCUT2D eigenvalue weighted by Gasteiger charge is -2.21. The van der Waals surface area contributed by atoms with Crippen LogP contribution in [0.5, 0.6) is 0 Å². The van der Waals surface area contributed by atoms with Crippen LogP contribution in [0.4, 0.5) is 0 Å². The summed E-state index contributed by atoms with van der Waals surface area (Å²) in [5, 5.41) is 16.6. The van der Waals surface area contributed by atoms with Crippen molar-refractivity contribution < 1.29 is 9.90 Å². The first-order valence-electron chi connectivity index (χ1n) is 8.05. The van der Waals surface area contributed by atoms with Gasteiger partial charge in [0, 0.05) is 25.1 Å². The topological polar surface area (TPSA) is 67.2 Å². The lowest BCUT2D eigenvalue weighted by atomic mass is 10.0. The average Bonchev–Trinajstić information content (AvgIpc) is 3.19. The molecule has 5 nitrogen and oxygen atoms in total. The second kappa shape index (κ2) is 7.07. The lowest BCUT2D eigenvalue weighted by Crippen LogP contribution is -2.39. The Kier molecular flexibility index (Phi) is 5.39. The van der Waals surface area contributed by atoms with E-state index >= 15 is 0 Å². The van der Waals surface area contributed by atoms with Gasteiger partial charge in [-0.3, -0.25) is 9.48 Å². The van der Waals surface area contributed by atoms with E-state index in [1.807, 2.05) is 4.68 Å². The molecular weight excluding hydrogens is 266 g/mol. The molecule has 1 aromatic rings. The van der Waals surface area contributed by atoms with Crippen LogP contribution in [0.15, 0.2) is 6.20 Å². The van der Waals surface area contributed by atoms with Crippen molar-refractivity contribution >= 4 is 5.91 Å². The molecule has 1 unspecified atom stereocenters. The first-order valence-corrected chi connectivity index (χ1v) is 8.05. The van der Waals surface area contributed by atoms with Gasteiger partial charge in [-0.15, -0.1) is 0 Å². The fourth-order valence-electron chi connectivity index (χ4n) is 2.70. The quantitative estimate of drug-likeness (QED) is 0.773. The van der Waals surface area contributed by atoms with Crippen molar-refractivity contribution in [1.82, 2.24) is 15.1 Å². The fraction of sp³-hybridized carbons (Fsp3) is 0.750. The van der Waals surface area contributed by atoms with Gasteiger partial charge in [0.25, 0.3) is 5.91 Å². The van der Waals surface area contributed by atoms with Crippen molar-refractivity contribution in [2.24, 2.45) is 5.92 Å². The van der Waals surface area contributed by atoms with E-state index in [0.29, 0.717) is 18.3 Å². The first-order chi connectivity index (χ1) is 10.1. The molecule has 1 atom stereocenters. The molecule has 0 radical (unpaired) electrons. The van der Waals surface area contributed by atoms with Gasteiger partial charge in [0.05, 0.1) is 17.5 Å². The maximum atomic E-state index is 12.6. The first kappa shape index (κ1) is 16.0. The number of rotatable bonds is 8. The summed E-state index contributed by atoms with van der Waals surface area (Å²) in [6.45, 7) is 7.19. The molecule has 1 aliphatic rings. The van der Waals surface area contributed by atoms with Crippen molar-refractivity contribution in [3.8, 4) is 0 Å². The standard InChI is InChI=1S/C16H27N3O2/c1-4-8-19-15(12-5-6-12)13(10-17-19)16(21)18-14(7-9-20)11(2)3/h10-12,14,20H,4-9H2,1-3H3,(H,18,21). The number of carbonyl (C=O) groups is 1. The maximum absolute atomic E-state index is 12.6. The van der Waals surface area contributed by atoms with Crippen LogP contribution in [0, 0.1) is 5.92 Å². The minimum atomic E-state index is -0.0496. The highest BCUT2D eigenvalue weighted by Crippen LogP contribution is 2.41. The van der Waals surface area contributed by atoms with E-state index in [4.69, 9.17) is 5.11 Å². The van der Waals surface area contributed by atoms with E-state index in [9.17, 15) is 4.79 Å². The third kappa shape index (κ3) is 3.84. The molecule has 0 aromatic carbocycles. The molecule has 5 heteroatoms. The van der Waals surface area contributed by atoms with Crippen LogP contribution < -0.4 is 5.32 Å². The predicted octanol–water partition coefficient (Wildman–Crippen LogP) is 2.31. The van der Waals surface area contributed by atoms with E-state index in [1.54, 1.807) is 6.20 Å². The van der Waals surface area contributed by atoms with E-state index in [2.05, 4.69) is 31.2 Å². The van der Waals surface area contributed by atoms with E-state index in [-0.39, 0.29) is 18.6 Å². The summed E-state index contributed by atoms with van der Waals surface area (Å²) >= 11 is 0. The van der Waals surface area contributed by atoms with Crippen LogP contribution in [0.1, 0.15) is 68.4 Å². The zero-order valence-corrected chi connectivity index (χ0v) is 13.3. The minimum absolute atomic E-state index is 0.00378. The Labute approximate surface area is 126 Å². The number of aromatic nitrogens is 2. The second-order valence-electron chi connectivity index (χ2n) is 6.28. The number of carbonyl (C=O) groups excluding carboxylic acids is 1. The minimum Gasteiger partial charge on any atom is -0.396 e. The Morgan fingerprint density at radius 2 is 2.24 bits per heavy atom. The summed E-state index contributed by atoms with van der Waals surface area (Å²) in [6.07, 6.45) is 5.61. The zero-order chi connectivity index (χ0) is 15.4. The van der Waals surface area contributed by atoms with Crippen LogP contribution in [0.25, 0.3) is 0 Å². The van der Waals surface area contributed by atoms with Crippen molar-refractivity contribution in [3.63, 3.8) is 0 Å². The average molecular weight is 293 g/mol. The van der Waals surface area contributed by atoms with Gasteiger partial charge in [0.2, 0.25) is 0 Å². The third-order valence-corrected chi connectivity index (χ3v) is 4.09. The summed E-state index contributed by atoms with van der Waals surface area (Å²) in [4.78, 5) is 12.6. The number of amides is 1.